The van der Waals surface area contributed by atoms with Crippen LogP contribution in [0.3, 0.4) is 0 Å². The summed E-state index contributed by atoms with van der Waals surface area (Å²) in [5.41, 5.74) is 1.17. The topological polar surface area (TPSA) is 17.1 Å². The van der Waals surface area contributed by atoms with Gasteiger partial charge in [-0.2, -0.15) is 0 Å². The number of rotatable bonds is 3. The second kappa shape index (κ2) is 4.30. The van der Waals surface area contributed by atoms with Gasteiger partial charge in [0.2, 0.25) is 0 Å². The molecule has 0 rings (SSSR count). The van der Waals surface area contributed by atoms with E-state index < -0.39 is 0 Å². The van der Waals surface area contributed by atoms with Gasteiger partial charge in [-0.25, -0.2) is 0 Å². The Morgan fingerprint density at radius 2 is 2.22 bits per heavy atom. The van der Waals surface area contributed by atoms with Gasteiger partial charge in [-0.3, -0.25) is 4.79 Å². The van der Waals surface area contributed by atoms with Crippen molar-refractivity contribution in [1.82, 2.24) is 0 Å². The summed E-state index contributed by atoms with van der Waals surface area (Å²) >= 11 is 0. The van der Waals surface area contributed by atoms with E-state index in [2.05, 4.69) is 13.8 Å². The van der Waals surface area contributed by atoms with Gasteiger partial charge in [-0.15, -0.1) is 0 Å². The molecular formula is C8H14O. The van der Waals surface area contributed by atoms with E-state index in [4.69, 9.17) is 0 Å². The van der Waals surface area contributed by atoms with Crippen molar-refractivity contribution in [2.45, 2.75) is 27.2 Å². The first-order chi connectivity index (χ1) is 4.22. The quantitative estimate of drug-likeness (QED) is 0.418. The Kier molecular flexibility index (Phi) is 4.02. The Hall–Kier alpha value is -0.590. The van der Waals surface area contributed by atoms with E-state index in [1.807, 2.05) is 6.92 Å². The van der Waals surface area contributed by atoms with Gasteiger partial charge in [-0.1, -0.05) is 19.4 Å². The Labute approximate surface area is 56.8 Å². The molecule has 0 fully saturated rings. The van der Waals surface area contributed by atoms with Gasteiger partial charge < -0.3 is 0 Å². The molecule has 52 valence electrons. The highest BCUT2D eigenvalue weighted by Gasteiger charge is 1.98. The van der Waals surface area contributed by atoms with Crippen LogP contribution in [0, 0.1) is 5.92 Å². The molecule has 0 aliphatic heterocycles. The molecule has 0 spiro atoms. The maximum Gasteiger partial charge on any atom is 0.142 e. The lowest BCUT2D eigenvalue weighted by Gasteiger charge is -2.05. The van der Waals surface area contributed by atoms with Crippen LogP contribution in [0.1, 0.15) is 27.2 Å². The molecule has 0 saturated heterocycles. The molecule has 1 atom stereocenters. The lowest BCUT2D eigenvalue weighted by molar-refractivity contribution is -0.104. The molecule has 0 aliphatic carbocycles. The van der Waals surface area contributed by atoms with Crippen LogP contribution in [0.2, 0.25) is 0 Å². The number of carbonyl (C=O) groups is 1. The standard InChI is InChI=1S/C8H14O/c1-4-7(2)8(3)5-6-9/h5-7H,4H2,1-3H3. The average molecular weight is 126 g/mol. The van der Waals surface area contributed by atoms with E-state index in [0.717, 1.165) is 12.7 Å². The van der Waals surface area contributed by atoms with Crippen LogP contribution in [0.15, 0.2) is 11.6 Å². The van der Waals surface area contributed by atoms with Crippen molar-refractivity contribution in [1.29, 1.82) is 0 Å². The molecule has 0 N–H and O–H groups in total. The normalized spacial score (nSPS) is 15.2. The minimum absolute atomic E-state index is 0.551. The third kappa shape index (κ3) is 3.07. The van der Waals surface area contributed by atoms with Crippen molar-refractivity contribution < 1.29 is 4.79 Å². The Morgan fingerprint density at radius 1 is 1.67 bits per heavy atom. The Bertz CT molecular complexity index is 114. The summed E-state index contributed by atoms with van der Waals surface area (Å²) in [4.78, 5) is 9.96. The molecule has 0 amide bonds. The lowest BCUT2D eigenvalue weighted by atomic mass is 10.0. The number of aldehydes is 1. The van der Waals surface area contributed by atoms with Gasteiger partial charge in [0.25, 0.3) is 0 Å². The van der Waals surface area contributed by atoms with Crippen LogP contribution in [0.4, 0.5) is 0 Å². The van der Waals surface area contributed by atoms with Gasteiger partial charge >= 0.3 is 0 Å². The highest BCUT2D eigenvalue weighted by Crippen LogP contribution is 2.11. The van der Waals surface area contributed by atoms with Crippen LogP contribution in [-0.2, 0) is 4.79 Å². The van der Waals surface area contributed by atoms with E-state index in [-0.39, 0.29) is 0 Å². The molecule has 0 bridgehead atoms. The van der Waals surface area contributed by atoms with E-state index >= 15 is 0 Å². The van der Waals surface area contributed by atoms with E-state index in [0.29, 0.717) is 5.92 Å². The molecule has 0 aromatic heterocycles. The summed E-state index contributed by atoms with van der Waals surface area (Å²) < 4.78 is 0. The van der Waals surface area contributed by atoms with Gasteiger partial charge in [0, 0.05) is 0 Å². The summed E-state index contributed by atoms with van der Waals surface area (Å²) in [6.07, 6.45) is 3.59. The van der Waals surface area contributed by atoms with E-state index in [1.165, 1.54) is 5.57 Å². The maximum atomic E-state index is 9.96. The molecule has 1 heteroatoms. The SMILES string of the molecule is CCC(C)C(C)=CC=O. The zero-order valence-corrected chi connectivity index (χ0v) is 6.35. The van der Waals surface area contributed by atoms with Crippen molar-refractivity contribution in [3.63, 3.8) is 0 Å². The molecule has 1 unspecified atom stereocenters. The maximum absolute atomic E-state index is 9.96. The predicted octanol–water partition coefficient (Wildman–Crippen LogP) is 2.18. The van der Waals surface area contributed by atoms with Crippen molar-refractivity contribution in [2.24, 2.45) is 5.92 Å². The minimum Gasteiger partial charge on any atom is -0.299 e. The van der Waals surface area contributed by atoms with Crippen LogP contribution in [0.25, 0.3) is 0 Å². The molecule has 0 aliphatic rings. The first-order valence-corrected chi connectivity index (χ1v) is 3.34. The third-order valence-electron chi connectivity index (χ3n) is 1.72. The van der Waals surface area contributed by atoms with E-state index in [1.54, 1.807) is 6.08 Å². The van der Waals surface area contributed by atoms with Crippen LogP contribution in [-0.4, -0.2) is 6.29 Å². The molecule has 1 nitrogen and oxygen atoms in total. The largest absolute Gasteiger partial charge is 0.299 e. The lowest BCUT2D eigenvalue weighted by Crippen LogP contribution is -1.93. The molecule has 0 aromatic rings. The smallest absolute Gasteiger partial charge is 0.142 e. The Balaban J connectivity index is 3.84. The van der Waals surface area contributed by atoms with Gasteiger partial charge in [0.05, 0.1) is 0 Å². The molecular weight excluding hydrogens is 112 g/mol. The van der Waals surface area contributed by atoms with Gasteiger partial charge in [0.1, 0.15) is 6.29 Å². The predicted molar refractivity (Wildman–Crippen MR) is 39.3 cm³/mol. The highest BCUT2D eigenvalue weighted by atomic mass is 16.1. The third-order valence-corrected chi connectivity index (χ3v) is 1.72. The van der Waals surface area contributed by atoms with Crippen LogP contribution < -0.4 is 0 Å². The van der Waals surface area contributed by atoms with Crippen molar-refractivity contribution in [3.8, 4) is 0 Å². The summed E-state index contributed by atoms with van der Waals surface area (Å²) in [6, 6.07) is 0. The number of carbonyl (C=O) groups excluding carboxylic acids is 1. The number of allylic oxidation sites excluding steroid dienone is 2. The first-order valence-electron chi connectivity index (χ1n) is 3.34. The fourth-order valence-electron chi connectivity index (χ4n) is 0.594. The van der Waals surface area contributed by atoms with Gasteiger partial charge in [-0.05, 0) is 25.3 Å². The van der Waals surface area contributed by atoms with Crippen molar-refractivity contribution in [3.05, 3.63) is 11.6 Å². The summed E-state index contributed by atoms with van der Waals surface area (Å²) in [5.74, 6) is 0.551. The van der Waals surface area contributed by atoms with E-state index in [9.17, 15) is 4.79 Å². The van der Waals surface area contributed by atoms with Crippen molar-refractivity contribution in [2.75, 3.05) is 0 Å². The molecule has 0 saturated carbocycles. The summed E-state index contributed by atoms with van der Waals surface area (Å²) in [6.45, 7) is 6.23. The molecule has 9 heavy (non-hydrogen) atoms. The zero-order valence-electron chi connectivity index (χ0n) is 6.35. The second-order valence-electron chi connectivity index (χ2n) is 2.36. The second-order valence-corrected chi connectivity index (χ2v) is 2.36. The monoisotopic (exact) mass is 126 g/mol. The van der Waals surface area contributed by atoms with Crippen molar-refractivity contribution >= 4 is 6.29 Å². The van der Waals surface area contributed by atoms with Crippen LogP contribution in [0.5, 0.6) is 0 Å². The highest BCUT2D eigenvalue weighted by molar-refractivity contribution is 5.65. The Morgan fingerprint density at radius 3 is 2.56 bits per heavy atom. The number of hydrogen-bond acceptors (Lipinski definition) is 1. The summed E-state index contributed by atoms with van der Waals surface area (Å²) in [5, 5.41) is 0. The summed E-state index contributed by atoms with van der Waals surface area (Å²) in [7, 11) is 0. The van der Waals surface area contributed by atoms with Crippen LogP contribution >= 0.6 is 0 Å². The number of hydrogen-bond donors (Lipinski definition) is 0. The minimum atomic E-state index is 0.551. The molecule has 0 aromatic carbocycles. The molecule has 0 heterocycles. The fraction of sp³-hybridized carbons (Fsp3) is 0.625. The fourth-order valence-corrected chi connectivity index (χ4v) is 0.594. The first kappa shape index (κ1) is 8.41. The molecule has 0 radical (unpaired) electrons. The van der Waals surface area contributed by atoms with Gasteiger partial charge in [0.15, 0.2) is 0 Å². The zero-order chi connectivity index (χ0) is 7.28. The average Bonchev–Trinajstić information content (AvgIpc) is 1.87.